The number of aliphatic carboxylic acids is 4. The number of nitrogens with zero attached hydrogens (tertiary/aromatic N) is 3. The number of nitro groups is 1. The topological polar surface area (TPSA) is 256 Å². The van der Waals surface area contributed by atoms with Gasteiger partial charge in [0, 0.05) is 6.07 Å². The van der Waals surface area contributed by atoms with E-state index in [1.807, 2.05) is 0 Å². The largest absolute Gasteiger partial charge is 0.484 e. The first-order valence-corrected chi connectivity index (χ1v) is 15.9. The van der Waals surface area contributed by atoms with Crippen LogP contribution in [-0.2, 0) is 19.2 Å². The van der Waals surface area contributed by atoms with Crippen LogP contribution in [0.5, 0.6) is 23.0 Å². The maximum absolute atomic E-state index is 12.0. The van der Waals surface area contributed by atoms with Crippen LogP contribution in [-0.4, -0.2) is 99.5 Å². The van der Waals surface area contributed by atoms with Crippen LogP contribution in [0, 0.1) is 17.0 Å². The molecular formula is C34H35N3O15. The first kappa shape index (κ1) is 37.0. The molecule has 0 spiro atoms. The summed E-state index contributed by atoms with van der Waals surface area (Å²) in [6, 6.07) is 11.4. The van der Waals surface area contributed by atoms with Gasteiger partial charge >= 0.3 is 23.9 Å². The van der Waals surface area contributed by atoms with Gasteiger partial charge in [-0.2, -0.15) is 0 Å². The zero-order valence-corrected chi connectivity index (χ0v) is 27.7. The summed E-state index contributed by atoms with van der Waals surface area (Å²) in [4.78, 5) is 60.2. The van der Waals surface area contributed by atoms with Crippen LogP contribution in [0.1, 0.15) is 42.1 Å². The van der Waals surface area contributed by atoms with Gasteiger partial charge in [0.05, 0.1) is 16.3 Å². The number of benzene rings is 3. The SMILES string of the molecule is Cc1ccc(N(CC(=O)O)CC(=O)O)c(O[C@@H]2CCC[C@@H]2Oc2cc(C(O)c3c([N+](=O)[O-])ccc4c3OCO4)ccc2N(CC(=O)O)CC(=O)O)c1. The third-order valence-electron chi connectivity index (χ3n) is 8.37. The third kappa shape index (κ3) is 8.52. The molecule has 3 aromatic carbocycles. The van der Waals surface area contributed by atoms with Gasteiger partial charge in [-0.25, -0.2) is 0 Å². The molecule has 0 amide bonds. The second-order valence-electron chi connectivity index (χ2n) is 12.1. The number of anilines is 2. The molecular weight excluding hydrogens is 690 g/mol. The van der Waals surface area contributed by atoms with Crippen molar-refractivity contribution in [3.8, 4) is 23.0 Å². The van der Waals surface area contributed by atoms with E-state index in [4.69, 9.17) is 18.9 Å². The molecule has 2 aliphatic rings. The van der Waals surface area contributed by atoms with Crippen LogP contribution >= 0.6 is 0 Å². The molecule has 0 aromatic heterocycles. The summed E-state index contributed by atoms with van der Waals surface area (Å²) in [6.07, 6.45) is -1.75. The number of carbonyl (C=O) groups is 4. The molecule has 5 rings (SSSR count). The zero-order chi connectivity index (χ0) is 37.7. The minimum absolute atomic E-state index is 0.0316. The zero-order valence-electron chi connectivity index (χ0n) is 27.7. The van der Waals surface area contributed by atoms with E-state index in [0.717, 1.165) is 21.4 Å². The van der Waals surface area contributed by atoms with E-state index in [1.54, 1.807) is 25.1 Å². The summed E-state index contributed by atoms with van der Waals surface area (Å²) in [5, 5.41) is 61.6. The molecule has 0 radical (unpaired) electrons. The van der Waals surface area contributed by atoms with E-state index >= 15 is 0 Å². The molecule has 0 saturated heterocycles. The number of hydrogen-bond donors (Lipinski definition) is 5. The number of aliphatic hydroxyl groups is 1. The lowest BCUT2D eigenvalue weighted by Gasteiger charge is -2.30. The number of ether oxygens (including phenoxy) is 4. The lowest BCUT2D eigenvalue weighted by atomic mass is 9.97. The first-order valence-electron chi connectivity index (χ1n) is 15.9. The summed E-state index contributed by atoms with van der Waals surface area (Å²) in [7, 11) is 0. The number of nitro benzene ring substituents is 1. The predicted octanol–water partition coefficient (Wildman–Crippen LogP) is 3.04. The molecule has 1 unspecified atom stereocenters. The van der Waals surface area contributed by atoms with Crippen LogP contribution < -0.4 is 28.7 Å². The quantitative estimate of drug-likeness (QED) is 0.0989. The minimum atomic E-state index is -1.68. The summed E-state index contributed by atoms with van der Waals surface area (Å²) in [5.74, 6) is -4.94. The van der Waals surface area contributed by atoms with E-state index in [2.05, 4.69) is 0 Å². The van der Waals surface area contributed by atoms with Crippen molar-refractivity contribution in [2.75, 3.05) is 42.8 Å². The normalized spacial score (nSPS) is 16.5. The van der Waals surface area contributed by atoms with Crippen LogP contribution in [0.4, 0.5) is 17.1 Å². The van der Waals surface area contributed by atoms with Gasteiger partial charge in [0.15, 0.2) is 11.5 Å². The maximum atomic E-state index is 12.0. The Morgan fingerprint density at radius 2 is 1.33 bits per heavy atom. The van der Waals surface area contributed by atoms with Gasteiger partial charge < -0.3 is 54.3 Å². The van der Waals surface area contributed by atoms with Gasteiger partial charge in [0.1, 0.15) is 61.6 Å². The van der Waals surface area contributed by atoms with Crippen LogP contribution in [0.2, 0.25) is 0 Å². The number of carboxylic acid groups (broad SMARTS) is 4. The lowest BCUT2D eigenvalue weighted by Crippen LogP contribution is -2.37. The van der Waals surface area contributed by atoms with E-state index in [9.17, 15) is 54.8 Å². The van der Waals surface area contributed by atoms with Gasteiger partial charge in [-0.15, -0.1) is 0 Å². The number of aryl methyl sites for hydroxylation is 1. The molecule has 18 heteroatoms. The Morgan fingerprint density at radius 3 is 1.85 bits per heavy atom. The summed E-state index contributed by atoms with van der Waals surface area (Å²) in [6.45, 7) is -1.21. The van der Waals surface area contributed by atoms with Crippen molar-refractivity contribution >= 4 is 40.9 Å². The van der Waals surface area contributed by atoms with E-state index in [1.165, 1.54) is 24.3 Å². The molecule has 5 N–H and O–H groups in total. The highest BCUT2D eigenvalue weighted by atomic mass is 16.7. The van der Waals surface area contributed by atoms with Gasteiger partial charge in [-0.3, -0.25) is 29.3 Å². The lowest BCUT2D eigenvalue weighted by molar-refractivity contribution is -0.386. The molecule has 276 valence electrons. The Labute approximate surface area is 295 Å². The minimum Gasteiger partial charge on any atom is -0.484 e. The smallest absolute Gasteiger partial charge is 0.323 e. The molecule has 0 bridgehead atoms. The fraction of sp³-hybridized carbons (Fsp3) is 0.353. The highest BCUT2D eigenvalue weighted by Gasteiger charge is 2.36. The van der Waals surface area contributed by atoms with Gasteiger partial charge in [-0.05, 0) is 67.6 Å². The highest BCUT2D eigenvalue weighted by Crippen LogP contribution is 2.47. The van der Waals surface area contributed by atoms with Crippen LogP contribution in [0.3, 0.4) is 0 Å². The molecule has 1 saturated carbocycles. The molecule has 52 heavy (non-hydrogen) atoms. The maximum Gasteiger partial charge on any atom is 0.323 e. The first-order chi connectivity index (χ1) is 24.7. The number of aliphatic hydroxyl groups excluding tert-OH is 1. The molecule has 3 aromatic rings. The van der Waals surface area contributed by atoms with Crippen molar-refractivity contribution in [1.82, 2.24) is 0 Å². The number of rotatable bonds is 17. The fourth-order valence-electron chi connectivity index (χ4n) is 6.20. The number of carboxylic acids is 4. The average molecular weight is 726 g/mol. The summed E-state index contributed by atoms with van der Waals surface area (Å²) < 4.78 is 23.6. The Bertz CT molecular complexity index is 1850. The number of fused-ring (bicyclic) bond motifs is 1. The molecule has 1 aliphatic heterocycles. The molecule has 1 heterocycles. The van der Waals surface area contributed by atoms with Crippen molar-refractivity contribution in [2.24, 2.45) is 0 Å². The van der Waals surface area contributed by atoms with E-state index in [0.29, 0.717) is 19.3 Å². The average Bonchev–Trinajstić information content (AvgIpc) is 3.72. The summed E-state index contributed by atoms with van der Waals surface area (Å²) >= 11 is 0. The van der Waals surface area contributed by atoms with Crippen molar-refractivity contribution < 1.29 is 68.6 Å². The molecule has 1 fully saturated rings. The Kier molecular flexibility index (Phi) is 11.2. The molecule has 3 atom stereocenters. The van der Waals surface area contributed by atoms with Crippen molar-refractivity contribution in [1.29, 1.82) is 0 Å². The van der Waals surface area contributed by atoms with Gasteiger partial charge in [0.2, 0.25) is 6.79 Å². The standard InChI is InChI=1S/C34H35N3O15/c1-18-5-7-20(35(13-28(38)39)14-29(40)41)26(11-18)51-23-3-2-4-24(23)52-27-12-19(6-8-21(27)36(15-30(42)43)16-31(44)45)33(46)32-22(37(47)48)9-10-25-34(32)50-17-49-25/h5-12,23-24,33,46H,2-4,13-17H2,1H3,(H,38,39)(H,40,41)(H,42,43)(H,44,45)/t23-,24+,33?/m1/s1. The van der Waals surface area contributed by atoms with E-state index < -0.39 is 79.0 Å². The highest BCUT2D eigenvalue weighted by molar-refractivity contribution is 5.82. The number of hydrogen-bond acceptors (Lipinski definition) is 13. The Morgan fingerprint density at radius 1 is 0.808 bits per heavy atom. The molecule has 1 aliphatic carbocycles. The predicted molar refractivity (Wildman–Crippen MR) is 179 cm³/mol. The third-order valence-corrected chi connectivity index (χ3v) is 8.37. The summed E-state index contributed by atoms with van der Waals surface area (Å²) in [5.41, 5.74) is 0.379. The van der Waals surface area contributed by atoms with Crippen molar-refractivity contribution in [2.45, 2.75) is 44.5 Å². The van der Waals surface area contributed by atoms with Crippen molar-refractivity contribution in [3.63, 3.8) is 0 Å². The van der Waals surface area contributed by atoms with Gasteiger partial charge in [0.25, 0.3) is 5.69 Å². The monoisotopic (exact) mass is 725 g/mol. The second-order valence-corrected chi connectivity index (χ2v) is 12.1. The Balaban J connectivity index is 1.54. The van der Waals surface area contributed by atoms with E-state index in [-0.39, 0.29) is 52.3 Å². The van der Waals surface area contributed by atoms with Crippen molar-refractivity contribution in [3.05, 3.63) is 75.3 Å². The van der Waals surface area contributed by atoms with Gasteiger partial charge in [-0.1, -0.05) is 12.1 Å². The fourth-order valence-corrected chi connectivity index (χ4v) is 6.20. The second kappa shape index (κ2) is 15.7. The van der Waals surface area contributed by atoms with Crippen LogP contribution in [0.25, 0.3) is 0 Å². The molecule has 18 nitrogen and oxygen atoms in total. The Hall–Kier alpha value is -6.30. The van der Waals surface area contributed by atoms with Crippen LogP contribution in [0.15, 0.2) is 48.5 Å².